The Balaban J connectivity index is 0. The van der Waals surface area contributed by atoms with Crippen LogP contribution in [-0.4, -0.2) is 42.4 Å². The maximum atomic E-state index is 6.16. The van der Waals surface area contributed by atoms with Gasteiger partial charge < -0.3 is 5.32 Å². The van der Waals surface area contributed by atoms with Crippen LogP contribution in [0.4, 0.5) is 0 Å². The summed E-state index contributed by atoms with van der Waals surface area (Å²) in [6, 6.07) is 0.206. The second kappa shape index (κ2) is 8.37. The van der Waals surface area contributed by atoms with Gasteiger partial charge >= 0.3 is 0 Å². The Bertz CT molecular complexity index is 126. The fraction of sp³-hybridized carbons (Fsp3) is 1.00. The zero-order valence-corrected chi connectivity index (χ0v) is 9.28. The Hall–Kier alpha value is 0.0569. The van der Waals surface area contributed by atoms with Crippen LogP contribution in [0.5, 0.6) is 0 Å². The topological polar surface area (TPSA) is 62.1 Å². The van der Waals surface area contributed by atoms with Gasteiger partial charge in [0, 0.05) is 6.04 Å². The van der Waals surface area contributed by atoms with Gasteiger partial charge in [-0.15, -0.1) is 0 Å². The average Bonchev–Trinajstić information content (AvgIpc) is 2.05. The van der Waals surface area contributed by atoms with Crippen molar-refractivity contribution >= 4 is 11.0 Å². The molecule has 0 aromatic rings. The molecule has 0 aromatic heterocycles. The van der Waals surface area contributed by atoms with E-state index >= 15 is 0 Å². The molecule has 0 radical (unpaired) electrons. The van der Waals surface area contributed by atoms with Gasteiger partial charge in [-0.25, -0.2) is 0 Å². The lowest BCUT2D eigenvalue weighted by atomic mass is 10.1. The van der Waals surface area contributed by atoms with E-state index in [1.807, 2.05) is 0 Å². The van der Waals surface area contributed by atoms with Crippen molar-refractivity contribution in [2.75, 3.05) is 19.6 Å². The van der Waals surface area contributed by atoms with Gasteiger partial charge in [0.1, 0.15) is 5.79 Å². The van der Waals surface area contributed by atoms with Crippen LogP contribution in [-0.2, 0) is 0 Å². The first kappa shape index (κ1) is 16.5. The molecule has 14 heavy (non-hydrogen) atoms. The van der Waals surface area contributed by atoms with E-state index in [1.165, 1.54) is 0 Å². The summed E-state index contributed by atoms with van der Waals surface area (Å²) in [5, 5.41) is 9.80. The van der Waals surface area contributed by atoms with Crippen molar-refractivity contribution in [1.29, 1.82) is 0 Å². The monoisotopic (exact) mass is 220 g/mol. The second-order valence-corrected chi connectivity index (χ2v) is 3.21. The molecular formula is C9H28N4Si. The van der Waals surface area contributed by atoms with Crippen molar-refractivity contribution < 1.29 is 0 Å². The number of hydrogen-bond acceptors (Lipinski definition) is 4. The van der Waals surface area contributed by atoms with Gasteiger partial charge in [0.25, 0.3) is 0 Å². The highest BCUT2D eigenvalue weighted by Crippen LogP contribution is 1.98. The minimum Gasteiger partial charge on any atom is -0.310 e. The first-order valence-electron chi connectivity index (χ1n) is 5.13. The first-order chi connectivity index (χ1) is 6.10. The molecule has 0 saturated heterocycles. The summed E-state index contributed by atoms with van der Waals surface area (Å²) in [6.07, 6.45) is 0. The normalized spacial score (nSPS) is 13.5. The van der Waals surface area contributed by atoms with Crippen LogP contribution < -0.4 is 21.7 Å². The Labute approximate surface area is 92.4 Å². The predicted octanol–water partition coefficient (Wildman–Crippen LogP) is -1.64. The zero-order chi connectivity index (χ0) is 10.3. The van der Waals surface area contributed by atoms with Crippen LogP contribution in [0.1, 0.15) is 27.7 Å². The molecule has 0 bridgehead atoms. The molecule has 0 aromatic carbocycles. The highest BCUT2D eigenvalue weighted by Gasteiger charge is 2.28. The molecule has 5 heteroatoms. The van der Waals surface area contributed by atoms with E-state index in [9.17, 15) is 0 Å². The molecule has 1 unspecified atom stereocenters. The largest absolute Gasteiger partial charge is 0.310 e. The summed E-state index contributed by atoms with van der Waals surface area (Å²) in [4.78, 5) is 0. The van der Waals surface area contributed by atoms with Gasteiger partial charge in [0.15, 0.2) is 0 Å². The van der Waals surface area contributed by atoms with Crippen molar-refractivity contribution in [3.05, 3.63) is 0 Å². The second-order valence-electron chi connectivity index (χ2n) is 3.21. The maximum absolute atomic E-state index is 6.16. The fourth-order valence-corrected chi connectivity index (χ4v) is 1.42. The molecule has 0 aliphatic carbocycles. The van der Waals surface area contributed by atoms with Crippen LogP contribution in [0.15, 0.2) is 0 Å². The first-order valence-corrected chi connectivity index (χ1v) is 5.13. The minimum absolute atomic E-state index is 0. The standard InChI is InChI=1S/C9H24N4.H4Si/c1-5-11-8(4)9(10,12-6-2)13-7-3;/h8,11-13H,5-7,10H2,1-4H3;1H4. The van der Waals surface area contributed by atoms with Crippen molar-refractivity contribution in [1.82, 2.24) is 16.0 Å². The third-order valence-corrected chi connectivity index (χ3v) is 2.13. The number of nitrogens with one attached hydrogen (secondary N) is 3. The Morgan fingerprint density at radius 2 is 1.50 bits per heavy atom. The van der Waals surface area contributed by atoms with Crippen LogP contribution >= 0.6 is 0 Å². The van der Waals surface area contributed by atoms with E-state index < -0.39 is 5.79 Å². The average molecular weight is 220 g/mol. The lowest BCUT2D eigenvalue weighted by Gasteiger charge is -2.37. The summed E-state index contributed by atoms with van der Waals surface area (Å²) in [5.74, 6) is -0.500. The van der Waals surface area contributed by atoms with E-state index in [2.05, 4.69) is 43.6 Å². The molecule has 0 fully saturated rings. The maximum Gasteiger partial charge on any atom is 0.136 e. The van der Waals surface area contributed by atoms with E-state index in [1.54, 1.807) is 0 Å². The molecule has 0 aliphatic heterocycles. The molecular weight excluding hydrogens is 192 g/mol. The van der Waals surface area contributed by atoms with E-state index in [4.69, 9.17) is 5.73 Å². The summed E-state index contributed by atoms with van der Waals surface area (Å²) in [7, 11) is 0. The predicted molar refractivity (Wildman–Crippen MR) is 68.7 cm³/mol. The Morgan fingerprint density at radius 3 is 1.79 bits per heavy atom. The smallest absolute Gasteiger partial charge is 0.136 e. The van der Waals surface area contributed by atoms with Gasteiger partial charge in [0.05, 0.1) is 0 Å². The number of rotatable bonds is 7. The highest BCUT2D eigenvalue weighted by atomic mass is 28.1. The number of nitrogens with two attached hydrogens (primary N) is 1. The molecule has 0 aliphatic rings. The van der Waals surface area contributed by atoms with Gasteiger partial charge in [-0.1, -0.05) is 20.8 Å². The molecule has 1 atom stereocenters. The SMILES string of the molecule is CCNC(C)C(N)(NCC)NCC.[SiH4]. The molecule has 0 heterocycles. The molecule has 88 valence electrons. The van der Waals surface area contributed by atoms with E-state index in [0.717, 1.165) is 19.6 Å². The third kappa shape index (κ3) is 5.07. The Morgan fingerprint density at radius 1 is 1.07 bits per heavy atom. The molecule has 0 rings (SSSR count). The molecule has 0 amide bonds. The van der Waals surface area contributed by atoms with E-state index in [-0.39, 0.29) is 17.0 Å². The highest BCUT2D eigenvalue weighted by molar-refractivity contribution is 5.75. The zero-order valence-electron chi connectivity index (χ0n) is 9.28. The van der Waals surface area contributed by atoms with Gasteiger partial charge in [0.2, 0.25) is 0 Å². The van der Waals surface area contributed by atoms with Crippen molar-refractivity contribution in [2.45, 2.75) is 39.5 Å². The van der Waals surface area contributed by atoms with Crippen LogP contribution in [0.25, 0.3) is 0 Å². The summed E-state index contributed by atoms with van der Waals surface area (Å²) in [5.41, 5.74) is 6.16. The molecule has 0 saturated carbocycles. The van der Waals surface area contributed by atoms with Gasteiger partial charge in [-0.3, -0.25) is 16.4 Å². The third-order valence-electron chi connectivity index (χ3n) is 2.13. The van der Waals surface area contributed by atoms with Crippen LogP contribution in [0.3, 0.4) is 0 Å². The lowest BCUT2D eigenvalue weighted by molar-refractivity contribution is 0.206. The number of likely N-dealkylation sites (N-methyl/N-ethyl adjacent to an activating group) is 3. The molecule has 4 nitrogen and oxygen atoms in total. The quantitative estimate of drug-likeness (QED) is 0.307. The van der Waals surface area contributed by atoms with Crippen molar-refractivity contribution in [3.8, 4) is 0 Å². The van der Waals surface area contributed by atoms with E-state index in [0.29, 0.717) is 0 Å². The van der Waals surface area contributed by atoms with Gasteiger partial charge in [-0.05, 0) is 37.5 Å². The van der Waals surface area contributed by atoms with Crippen molar-refractivity contribution in [2.24, 2.45) is 5.73 Å². The van der Waals surface area contributed by atoms with Crippen LogP contribution in [0, 0.1) is 0 Å². The lowest BCUT2D eigenvalue weighted by Crippen LogP contribution is -2.73. The molecule has 5 N–H and O–H groups in total. The summed E-state index contributed by atoms with van der Waals surface area (Å²) < 4.78 is 0. The molecule has 0 spiro atoms. The van der Waals surface area contributed by atoms with Crippen molar-refractivity contribution in [3.63, 3.8) is 0 Å². The van der Waals surface area contributed by atoms with Gasteiger partial charge in [-0.2, -0.15) is 0 Å². The fourth-order valence-electron chi connectivity index (χ4n) is 1.42. The number of hydrogen-bond donors (Lipinski definition) is 4. The van der Waals surface area contributed by atoms with Crippen LogP contribution in [0.2, 0.25) is 0 Å². The minimum atomic E-state index is -0.500. The Kier molecular flexibility index (Phi) is 9.86. The summed E-state index contributed by atoms with van der Waals surface area (Å²) in [6.45, 7) is 10.9. The summed E-state index contributed by atoms with van der Waals surface area (Å²) >= 11 is 0.